The molecular formula is C18H23N3O2. The van der Waals surface area contributed by atoms with Crippen LogP contribution >= 0.6 is 0 Å². The molecular weight excluding hydrogens is 290 g/mol. The molecule has 0 saturated heterocycles. The molecule has 2 heterocycles. The second-order valence-corrected chi connectivity index (χ2v) is 5.61. The lowest BCUT2D eigenvalue weighted by Crippen LogP contribution is -2.19. The number of carbonyl (C=O) groups excluding carboxylic acids is 1. The van der Waals surface area contributed by atoms with Crippen molar-refractivity contribution in [3.8, 4) is 11.3 Å². The molecule has 2 aromatic rings. The van der Waals surface area contributed by atoms with Gasteiger partial charge >= 0.3 is 0 Å². The van der Waals surface area contributed by atoms with E-state index in [0.717, 1.165) is 36.2 Å². The fraction of sp³-hybridized carbons (Fsp3) is 0.389. The van der Waals surface area contributed by atoms with Gasteiger partial charge in [-0.15, -0.1) is 0 Å². The van der Waals surface area contributed by atoms with E-state index in [0.29, 0.717) is 0 Å². The van der Waals surface area contributed by atoms with E-state index in [4.69, 9.17) is 0 Å². The maximum atomic E-state index is 12.2. The fourth-order valence-electron chi connectivity index (χ4n) is 2.53. The topological polar surface area (TPSA) is 74.8 Å². The van der Waals surface area contributed by atoms with Crippen molar-refractivity contribution < 1.29 is 4.79 Å². The van der Waals surface area contributed by atoms with Crippen LogP contribution in [0.25, 0.3) is 11.3 Å². The predicted molar refractivity (Wildman–Crippen MR) is 92.4 cm³/mol. The quantitative estimate of drug-likeness (QED) is 0.768. The van der Waals surface area contributed by atoms with Gasteiger partial charge in [0.15, 0.2) is 0 Å². The second-order valence-electron chi connectivity index (χ2n) is 5.61. The minimum Gasteiger partial charge on any atom is -0.324 e. The number of nitrogens with zero attached hydrogens (tertiary/aromatic N) is 1. The third kappa shape index (κ3) is 4.77. The number of aromatic nitrogens is 2. The zero-order valence-corrected chi connectivity index (χ0v) is 13.7. The van der Waals surface area contributed by atoms with E-state index in [1.165, 1.54) is 19.8 Å². The number of unbranched alkanes of at least 4 members (excludes halogenated alkanes) is 3. The summed E-state index contributed by atoms with van der Waals surface area (Å²) >= 11 is 0. The maximum absolute atomic E-state index is 12.2. The fourth-order valence-corrected chi connectivity index (χ4v) is 2.53. The van der Waals surface area contributed by atoms with Crippen molar-refractivity contribution in [3.63, 3.8) is 0 Å². The third-order valence-electron chi connectivity index (χ3n) is 3.65. The monoisotopic (exact) mass is 313 g/mol. The molecule has 0 atom stereocenters. The van der Waals surface area contributed by atoms with Gasteiger partial charge in [0.05, 0.1) is 5.69 Å². The molecule has 0 unspecified atom stereocenters. The van der Waals surface area contributed by atoms with Crippen LogP contribution in [0.5, 0.6) is 0 Å². The first kappa shape index (κ1) is 16.9. The van der Waals surface area contributed by atoms with Gasteiger partial charge < -0.3 is 10.3 Å². The first-order chi connectivity index (χ1) is 11.1. The lowest BCUT2D eigenvalue weighted by atomic mass is 10.0. The molecule has 0 aliphatic rings. The van der Waals surface area contributed by atoms with E-state index in [1.54, 1.807) is 12.3 Å². The Morgan fingerprint density at radius 3 is 2.74 bits per heavy atom. The molecule has 0 aliphatic carbocycles. The highest BCUT2D eigenvalue weighted by molar-refractivity contribution is 5.89. The maximum Gasteiger partial charge on any atom is 0.271 e. The largest absolute Gasteiger partial charge is 0.324 e. The van der Waals surface area contributed by atoms with Crippen LogP contribution < -0.4 is 10.9 Å². The van der Waals surface area contributed by atoms with Crippen molar-refractivity contribution in [1.29, 1.82) is 0 Å². The highest BCUT2D eigenvalue weighted by atomic mass is 16.2. The molecule has 1 amide bonds. The molecule has 2 rings (SSSR count). The number of hydrogen-bond acceptors (Lipinski definition) is 3. The smallest absolute Gasteiger partial charge is 0.271 e. The van der Waals surface area contributed by atoms with Gasteiger partial charge in [0.25, 0.3) is 5.56 Å². The van der Waals surface area contributed by atoms with Crippen LogP contribution in [0.1, 0.15) is 45.2 Å². The number of nitrogens with one attached hydrogen (secondary N) is 2. The van der Waals surface area contributed by atoms with E-state index in [-0.39, 0.29) is 17.2 Å². The van der Waals surface area contributed by atoms with Crippen LogP contribution in [0.2, 0.25) is 0 Å². The summed E-state index contributed by atoms with van der Waals surface area (Å²) in [6.07, 6.45) is 7.02. The molecule has 0 fully saturated rings. The Bertz CT molecular complexity index is 708. The summed E-state index contributed by atoms with van der Waals surface area (Å²) in [4.78, 5) is 30.7. The zero-order chi connectivity index (χ0) is 16.7. The van der Waals surface area contributed by atoms with E-state index < -0.39 is 0 Å². The first-order valence-corrected chi connectivity index (χ1v) is 8.07. The molecule has 0 bridgehead atoms. The lowest BCUT2D eigenvalue weighted by molar-refractivity contribution is -0.114. The molecule has 23 heavy (non-hydrogen) atoms. The highest BCUT2D eigenvalue weighted by Crippen LogP contribution is 2.23. The van der Waals surface area contributed by atoms with E-state index in [1.807, 2.05) is 18.2 Å². The number of rotatable bonds is 7. The SMILES string of the molecule is CCCCCCc1[nH]c(=O)c(NC(C)=O)cc1-c1ccccn1. The Labute approximate surface area is 136 Å². The van der Waals surface area contributed by atoms with Gasteiger partial charge in [-0.1, -0.05) is 32.3 Å². The lowest BCUT2D eigenvalue weighted by Gasteiger charge is -2.11. The van der Waals surface area contributed by atoms with Crippen LogP contribution in [-0.4, -0.2) is 15.9 Å². The minimum absolute atomic E-state index is 0.260. The summed E-state index contributed by atoms with van der Waals surface area (Å²) in [5.41, 5.74) is 2.52. The van der Waals surface area contributed by atoms with Crippen molar-refractivity contribution >= 4 is 11.6 Å². The number of carbonyl (C=O) groups is 1. The average molecular weight is 313 g/mol. The van der Waals surface area contributed by atoms with Gasteiger partial charge in [-0.25, -0.2) is 0 Å². The molecule has 0 spiro atoms. The van der Waals surface area contributed by atoms with Gasteiger partial charge in [0.1, 0.15) is 5.69 Å². The highest BCUT2D eigenvalue weighted by Gasteiger charge is 2.12. The van der Waals surface area contributed by atoms with Crippen LogP contribution in [0.4, 0.5) is 5.69 Å². The van der Waals surface area contributed by atoms with Gasteiger partial charge in [0.2, 0.25) is 5.91 Å². The summed E-state index contributed by atoms with van der Waals surface area (Å²) in [6.45, 7) is 3.56. The molecule has 2 aromatic heterocycles. The molecule has 0 radical (unpaired) electrons. The Morgan fingerprint density at radius 2 is 2.09 bits per heavy atom. The Kier molecular flexibility index (Phi) is 6.09. The van der Waals surface area contributed by atoms with Crippen LogP contribution in [-0.2, 0) is 11.2 Å². The molecule has 0 saturated carbocycles. The summed E-state index contributed by atoms with van der Waals surface area (Å²) in [5, 5.41) is 2.58. The molecule has 122 valence electrons. The van der Waals surface area contributed by atoms with E-state index in [9.17, 15) is 9.59 Å². The number of H-pyrrole nitrogens is 1. The average Bonchev–Trinajstić information content (AvgIpc) is 2.54. The van der Waals surface area contributed by atoms with Crippen molar-refractivity contribution in [2.45, 2.75) is 46.0 Å². The standard InChI is InChI=1S/C18H23N3O2/c1-3-4-5-6-10-16-14(15-9-7-8-11-19-15)12-17(18(23)21-16)20-13(2)22/h7-9,11-12H,3-6,10H2,1-2H3,(H,20,22)(H,21,23). The van der Waals surface area contributed by atoms with Crippen LogP contribution in [0, 0.1) is 0 Å². The predicted octanol–water partition coefficient (Wildman–Crippen LogP) is 3.52. The summed E-state index contributed by atoms with van der Waals surface area (Å²) in [6, 6.07) is 7.38. The zero-order valence-electron chi connectivity index (χ0n) is 13.7. The third-order valence-corrected chi connectivity index (χ3v) is 3.65. The molecule has 0 aromatic carbocycles. The Balaban J connectivity index is 2.37. The van der Waals surface area contributed by atoms with Gasteiger partial charge in [0, 0.05) is 24.4 Å². The number of aromatic amines is 1. The molecule has 0 aliphatic heterocycles. The van der Waals surface area contributed by atoms with Crippen LogP contribution in [0.3, 0.4) is 0 Å². The summed E-state index contributed by atoms with van der Waals surface area (Å²) < 4.78 is 0. The Hall–Kier alpha value is -2.43. The van der Waals surface area contributed by atoms with Crippen molar-refractivity contribution in [2.24, 2.45) is 0 Å². The second kappa shape index (κ2) is 8.27. The number of pyridine rings is 2. The number of hydrogen-bond donors (Lipinski definition) is 2. The normalized spacial score (nSPS) is 10.5. The van der Waals surface area contributed by atoms with Gasteiger partial charge in [-0.3, -0.25) is 14.6 Å². The van der Waals surface area contributed by atoms with Crippen molar-refractivity contribution in [2.75, 3.05) is 5.32 Å². The van der Waals surface area contributed by atoms with Crippen molar-refractivity contribution in [3.05, 3.63) is 46.5 Å². The van der Waals surface area contributed by atoms with Crippen LogP contribution in [0.15, 0.2) is 35.3 Å². The van der Waals surface area contributed by atoms with Crippen molar-refractivity contribution in [1.82, 2.24) is 9.97 Å². The van der Waals surface area contributed by atoms with Gasteiger partial charge in [-0.05, 0) is 31.0 Å². The van der Waals surface area contributed by atoms with Gasteiger partial charge in [-0.2, -0.15) is 0 Å². The summed E-state index contributed by atoms with van der Waals surface area (Å²) in [5.74, 6) is -0.266. The number of amides is 1. The first-order valence-electron chi connectivity index (χ1n) is 8.07. The summed E-state index contributed by atoms with van der Waals surface area (Å²) in [7, 11) is 0. The van der Waals surface area contributed by atoms with E-state index in [2.05, 4.69) is 22.2 Å². The molecule has 2 N–H and O–H groups in total. The number of aryl methyl sites for hydroxylation is 1. The Morgan fingerprint density at radius 1 is 1.26 bits per heavy atom. The molecule has 5 heteroatoms. The number of anilines is 1. The van der Waals surface area contributed by atoms with E-state index >= 15 is 0 Å². The molecule has 5 nitrogen and oxygen atoms in total. The minimum atomic E-state index is -0.273.